The van der Waals surface area contributed by atoms with Gasteiger partial charge in [-0.15, -0.1) is 11.6 Å². The number of ketones is 1. The largest absolute Gasteiger partial charge is 0.462 e. The van der Waals surface area contributed by atoms with Crippen LogP contribution in [0.1, 0.15) is 68.2 Å². The summed E-state index contributed by atoms with van der Waals surface area (Å²) in [6.07, 6.45) is -8.68. The Balaban J connectivity index is 1.68. The van der Waals surface area contributed by atoms with Crippen molar-refractivity contribution in [2.24, 2.45) is 45.8 Å². The van der Waals surface area contributed by atoms with Crippen molar-refractivity contribution in [2.45, 2.75) is 121 Å². The Kier molecular flexibility index (Phi) is 8.63. The number of esters is 5. The average molecular weight is 741 g/mol. The normalized spacial score (nSPS) is 51.0. The van der Waals surface area contributed by atoms with Crippen LogP contribution in [0.5, 0.6) is 0 Å². The van der Waals surface area contributed by atoms with Crippen molar-refractivity contribution in [3.05, 3.63) is 11.8 Å². The number of aliphatic hydroxyl groups excluding tert-OH is 2. The van der Waals surface area contributed by atoms with Crippen LogP contribution in [-0.2, 0) is 52.5 Å². The first kappa shape index (κ1) is 37.6. The van der Waals surface area contributed by atoms with Crippen LogP contribution in [0.4, 0.5) is 0 Å². The molecule has 0 unspecified atom stereocenters. The number of carbonyl (C=O) groups is 6. The number of fused-ring (bicyclic) bond motifs is 9. The topological polar surface area (TPSA) is 229 Å². The first-order valence-electron chi connectivity index (χ1n) is 17.0. The molecule has 282 valence electrons. The maximum atomic E-state index is 14.5. The first-order chi connectivity index (χ1) is 23.4. The van der Waals surface area contributed by atoms with Gasteiger partial charge in [0.1, 0.15) is 48.0 Å². The molecule has 4 N–H and O–H groups in total. The van der Waals surface area contributed by atoms with Crippen molar-refractivity contribution in [1.82, 2.24) is 0 Å². The van der Waals surface area contributed by atoms with Crippen LogP contribution in [0, 0.1) is 45.8 Å². The molecule has 0 aromatic heterocycles. The van der Waals surface area contributed by atoms with Gasteiger partial charge in [0, 0.05) is 68.6 Å². The van der Waals surface area contributed by atoms with Gasteiger partial charge in [0.25, 0.3) is 0 Å². The molecule has 0 amide bonds. The smallest absolute Gasteiger partial charge is 0.343 e. The highest BCUT2D eigenvalue weighted by atomic mass is 35.5. The fourth-order valence-corrected chi connectivity index (χ4v) is 11.9. The van der Waals surface area contributed by atoms with E-state index in [1.54, 1.807) is 19.9 Å². The molecule has 6 aliphatic rings. The number of hydrogen-bond donors (Lipinski definition) is 4. The molecule has 1 aliphatic heterocycles. The summed E-state index contributed by atoms with van der Waals surface area (Å²) in [6.45, 7) is 10.3. The van der Waals surface area contributed by atoms with Crippen molar-refractivity contribution in [3.8, 4) is 0 Å². The van der Waals surface area contributed by atoms with Crippen LogP contribution in [0.2, 0.25) is 0 Å². The van der Waals surface area contributed by atoms with E-state index in [4.69, 9.17) is 35.3 Å². The fourth-order valence-electron chi connectivity index (χ4n) is 11.5. The number of aliphatic hydroxyl groups is 4. The van der Waals surface area contributed by atoms with E-state index in [0.717, 1.165) is 27.7 Å². The Hall–Kier alpha value is -3.11. The van der Waals surface area contributed by atoms with Crippen LogP contribution >= 0.6 is 11.6 Å². The van der Waals surface area contributed by atoms with Gasteiger partial charge in [-0.2, -0.15) is 0 Å². The molecule has 0 spiro atoms. The molecule has 51 heavy (non-hydrogen) atoms. The van der Waals surface area contributed by atoms with E-state index in [1.807, 2.05) is 0 Å². The number of Topliss-reactive ketones (excluding diaryl/α,β-unsaturated/α-hetero) is 1. The summed E-state index contributed by atoms with van der Waals surface area (Å²) < 4.78 is 29.2. The Bertz CT molecular complexity index is 1620. The summed E-state index contributed by atoms with van der Waals surface area (Å²) in [7, 11) is 0. The predicted octanol–water partition coefficient (Wildman–Crippen LogP) is 0.482. The number of alkyl halides is 1. The van der Waals surface area contributed by atoms with Crippen molar-refractivity contribution in [2.75, 3.05) is 0 Å². The van der Waals surface area contributed by atoms with Gasteiger partial charge in [0.15, 0.2) is 11.4 Å². The summed E-state index contributed by atoms with van der Waals surface area (Å²) >= 11 is 6.57. The lowest BCUT2D eigenvalue weighted by atomic mass is 9.39. The van der Waals surface area contributed by atoms with Crippen molar-refractivity contribution < 1.29 is 72.9 Å². The molecule has 1 heterocycles. The van der Waals surface area contributed by atoms with E-state index >= 15 is 0 Å². The zero-order valence-electron chi connectivity index (χ0n) is 29.6. The van der Waals surface area contributed by atoms with Crippen LogP contribution in [0.25, 0.3) is 0 Å². The van der Waals surface area contributed by atoms with Gasteiger partial charge in [-0.1, -0.05) is 13.8 Å². The fraction of sp³-hybridized carbons (Fsp3) is 0.771. The number of halogens is 1. The van der Waals surface area contributed by atoms with Gasteiger partial charge >= 0.3 is 29.8 Å². The molecule has 0 bridgehead atoms. The van der Waals surface area contributed by atoms with E-state index in [0.29, 0.717) is 0 Å². The maximum Gasteiger partial charge on any atom is 0.343 e. The first-order valence-corrected chi connectivity index (χ1v) is 17.5. The standard InChI is InChI=1S/C35H45ClO15/c1-12(37)47-24-17(36)11-35(46)27(42)23(41)19-21-25(48-13(2)38)20-16(9-10-18-32(20,6)34(8,45)30(44)51-18)31(21,5)29(50-15(4)40)26(49-14(3)39)22(19)33(35,7)28(24)43/h10,16-17,19-26,28-29,41,43,45-46H,9,11H2,1-8H3/t16-,17+,19-,20-,21+,22+,23+,24-,25-,26-,28-,29-,31+,32-,33-,34+,35-/m0/s1. The third-order valence-electron chi connectivity index (χ3n) is 13.7. The predicted molar refractivity (Wildman–Crippen MR) is 170 cm³/mol. The number of hydrogen-bond acceptors (Lipinski definition) is 15. The molecular weight excluding hydrogens is 696 g/mol. The van der Waals surface area contributed by atoms with Crippen LogP contribution < -0.4 is 0 Å². The number of allylic oxidation sites excluding steroid dienone is 1. The average Bonchev–Trinajstić information content (AvgIpc) is 3.36. The van der Waals surface area contributed by atoms with Gasteiger partial charge in [0.2, 0.25) is 0 Å². The molecule has 16 heteroatoms. The van der Waals surface area contributed by atoms with Crippen LogP contribution in [0.15, 0.2) is 11.8 Å². The second-order valence-electron chi connectivity index (χ2n) is 16.0. The lowest BCUT2D eigenvalue weighted by molar-refractivity contribution is -0.306. The molecule has 6 rings (SSSR count). The molecule has 0 radical (unpaired) electrons. The second-order valence-corrected chi connectivity index (χ2v) is 16.5. The number of carbonyl (C=O) groups excluding carboxylic acids is 6. The minimum absolute atomic E-state index is 0.113. The van der Waals surface area contributed by atoms with Crippen LogP contribution in [-0.4, -0.2) is 109 Å². The Morgan fingerprint density at radius 2 is 1.33 bits per heavy atom. The van der Waals surface area contributed by atoms with Gasteiger partial charge in [-0.05, 0) is 32.3 Å². The third-order valence-corrected chi connectivity index (χ3v) is 14.1. The second kappa shape index (κ2) is 11.7. The van der Waals surface area contributed by atoms with Crippen molar-refractivity contribution in [1.29, 1.82) is 0 Å². The van der Waals surface area contributed by atoms with E-state index < -0.39 is 141 Å². The molecule has 4 saturated carbocycles. The molecule has 1 saturated heterocycles. The van der Waals surface area contributed by atoms with Crippen molar-refractivity contribution in [3.63, 3.8) is 0 Å². The SMILES string of the molecule is CC(=O)O[C@@H]1[C@H]2[C@H]3[C@H]([C@H](OC(C)=O)[C@H](OC(C)=O)[C@]2(C)[C@H]2CC=C4OC(=O)[C@@](C)(O)[C@]4(C)[C@H]12)[C@@]1(C)[C@@H](O)[C@@H](OC(C)=O)[C@H](Cl)C[C@]1(O)C(=O)[C@@H]3O. The van der Waals surface area contributed by atoms with Gasteiger partial charge in [0.05, 0.1) is 10.8 Å². The van der Waals surface area contributed by atoms with Crippen molar-refractivity contribution >= 4 is 47.2 Å². The van der Waals surface area contributed by atoms with E-state index in [1.165, 1.54) is 13.8 Å². The van der Waals surface area contributed by atoms with E-state index in [-0.39, 0.29) is 12.2 Å². The lowest BCUT2D eigenvalue weighted by Gasteiger charge is -2.68. The number of rotatable bonds is 4. The Morgan fingerprint density at radius 3 is 1.88 bits per heavy atom. The summed E-state index contributed by atoms with van der Waals surface area (Å²) in [5, 5.41) is 47.2. The summed E-state index contributed by atoms with van der Waals surface area (Å²) in [5.41, 5.74) is -9.93. The number of ether oxygens (including phenoxy) is 5. The van der Waals surface area contributed by atoms with E-state index in [9.17, 15) is 49.2 Å². The highest BCUT2D eigenvalue weighted by Gasteiger charge is 2.84. The zero-order valence-corrected chi connectivity index (χ0v) is 30.3. The van der Waals surface area contributed by atoms with Gasteiger partial charge in [-0.3, -0.25) is 24.0 Å². The summed E-state index contributed by atoms with van der Waals surface area (Å²) in [5.74, 6) is -11.0. The molecular formula is C35H45ClO15. The molecule has 15 nitrogen and oxygen atoms in total. The molecule has 17 atom stereocenters. The molecule has 0 aromatic rings. The maximum absolute atomic E-state index is 14.5. The third kappa shape index (κ3) is 4.63. The lowest BCUT2D eigenvalue weighted by Crippen LogP contribution is -2.81. The minimum Gasteiger partial charge on any atom is -0.462 e. The Labute approximate surface area is 298 Å². The van der Waals surface area contributed by atoms with Gasteiger partial charge in [-0.25, -0.2) is 4.79 Å². The zero-order chi connectivity index (χ0) is 38.1. The van der Waals surface area contributed by atoms with Crippen LogP contribution in [0.3, 0.4) is 0 Å². The summed E-state index contributed by atoms with van der Waals surface area (Å²) in [4.78, 5) is 78.9. The monoisotopic (exact) mass is 740 g/mol. The molecule has 5 fully saturated rings. The highest BCUT2D eigenvalue weighted by molar-refractivity contribution is 6.21. The minimum atomic E-state index is -2.61. The highest BCUT2D eigenvalue weighted by Crippen LogP contribution is 2.75. The molecule has 5 aliphatic carbocycles. The van der Waals surface area contributed by atoms with Gasteiger partial charge < -0.3 is 44.1 Å². The quantitative estimate of drug-likeness (QED) is 0.175. The Morgan fingerprint density at radius 1 is 0.804 bits per heavy atom. The van der Waals surface area contributed by atoms with E-state index in [2.05, 4.69) is 0 Å². The molecule has 0 aromatic carbocycles. The summed E-state index contributed by atoms with van der Waals surface area (Å²) in [6, 6.07) is 0.